The summed E-state index contributed by atoms with van der Waals surface area (Å²) in [6.45, 7) is 2.69. The van der Waals surface area contributed by atoms with E-state index in [0.717, 1.165) is 12.0 Å². The van der Waals surface area contributed by atoms with Gasteiger partial charge in [-0.15, -0.1) is 5.10 Å². The normalized spacial score (nSPS) is 12.3. The van der Waals surface area contributed by atoms with Gasteiger partial charge in [0, 0.05) is 13.7 Å². The second-order valence-corrected chi connectivity index (χ2v) is 4.51. The summed E-state index contributed by atoms with van der Waals surface area (Å²) in [5.41, 5.74) is 7.26. The van der Waals surface area contributed by atoms with Crippen molar-refractivity contribution >= 4 is 5.69 Å². The first kappa shape index (κ1) is 14.3. The molecular weight excluding hydrogens is 258 g/mol. The van der Waals surface area contributed by atoms with Gasteiger partial charge in [0.1, 0.15) is 0 Å². The van der Waals surface area contributed by atoms with E-state index in [1.54, 1.807) is 25.0 Å². The number of benzene rings is 1. The molecular formula is C13H19N5O2. The maximum atomic E-state index is 5.92. The number of anilines is 1. The summed E-state index contributed by atoms with van der Waals surface area (Å²) >= 11 is 0. The molecule has 7 nitrogen and oxygen atoms in total. The molecule has 0 fully saturated rings. The van der Waals surface area contributed by atoms with E-state index in [2.05, 4.69) is 15.5 Å². The molecule has 20 heavy (non-hydrogen) atoms. The Hall–Kier alpha value is -2.15. The average Bonchev–Trinajstić information content (AvgIpc) is 2.93. The summed E-state index contributed by atoms with van der Waals surface area (Å²) < 4.78 is 12.2. The number of hydrogen-bond donors (Lipinski definition) is 1. The average molecular weight is 277 g/mol. The molecule has 2 rings (SSSR count). The highest BCUT2D eigenvalue weighted by Gasteiger charge is 2.18. The van der Waals surface area contributed by atoms with Crippen LogP contribution in [0.1, 0.15) is 19.4 Å². The number of ether oxygens (including phenoxy) is 2. The Bertz CT molecular complexity index is 570. The lowest BCUT2D eigenvalue weighted by molar-refractivity contribution is 0.178. The van der Waals surface area contributed by atoms with Crippen LogP contribution >= 0.6 is 0 Å². The van der Waals surface area contributed by atoms with Crippen LogP contribution in [0.25, 0.3) is 11.4 Å². The van der Waals surface area contributed by atoms with Crippen molar-refractivity contribution in [3.05, 3.63) is 18.2 Å². The second kappa shape index (κ2) is 6.33. The molecule has 1 atom stereocenters. The Morgan fingerprint density at radius 2 is 2.15 bits per heavy atom. The van der Waals surface area contributed by atoms with Crippen LogP contribution in [0.15, 0.2) is 18.2 Å². The van der Waals surface area contributed by atoms with Gasteiger partial charge in [0.25, 0.3) is 0 Å². The maximum Gasteiger partial charge on any atom is 0.186 e. The van der Waals surface area contributed by atoms with Crippen molar-refractivity contribution in [3.8, 4) is 17.1 Å². The lowest BCUT2D eigenvalue weighted by Crippen LogP contribution is -2.11. The van der Waals surface area contributed by atoms with E-state index in [1.165, 1.54) is 0 Å². The Morgan fingerprint density at radius 1 is 1.35 bits per heavy atom. The smallest absolute Gasteiger partial charge is 0.186 e. The van der Waals surface area contributed by atoms with E-state index in [9.17, 15) is 0 Å². The molecule has 0 aliphatic carbocycles. The van der Waals surface area contributed by atoms with Gasteiger partial charge in [0.15, 0.2) is 11.6 Å². The third kappa shape index (κ3) is 2.72. The van der Waals surface area contributed by atoms with Gasteiger partial charge in [-0.2, -0.15) is 0 Å². The molecule has 108 valence electrons. The fraction of sp³-hybridized carbons (Fsp3) is 0.462. The molecule has 1 heterocycles. The molecule has 0 radical (unpaired) electrons. The zero-order chi connectivity index (χ0) is 14.5. The molecule has 0 amide bonds. The van der Waals surface area contributed by atoms with Crippen molar-refractivity contribution in [1.82, 2.24) is 20.2 Å². The topological polar surface area (TPSA) is 88.1 Å². The number of nitrogen functional groups attached to an aromatic ring is 1. The standard InChI is InChI=1S/C13H19N5O2/c1-9(7-8-19-2)18-13(15-16-17-18)10-5-4-6-11(14)12(10)20-3/h4-6,9H,7-8,14H2,1-3H3. The van der Waals surface area contributed by atoms with Crippen LogP contribution in [0.2, 0.25) is 0 Å². The molecule has 0 saturated carbocycles. The first-order valence-corrected chi connectivity index (χ1v) is 6.38. The minimum atomic E-state index is 0.117. The highest BCUT2D eigenvalue weighted by molar-refractivity contribution is 5.73. The first-order chi connectivity index (χ1) is 9.69. The molecule has 0 spiro atoms. The zero-order valence-electron chi connectivity index (χ0n) is 11.9. The van der Waals surface area contributed by atoms with E-state index < -0.39 is 0 Å². The number of hydrogen-bond acceptors (Lipinski definition) is 6. The Kier molecular flexibility index (Phi) is 4.52. The minimum Gasteiger partial charge on any atom is -0.494 e. The fourth-order valence-corrected chi connectivity index (χ4v) is 2.04. The van der Waals surface area contributed by atoms with Crippen LogP contribution in [0.4, 0.5) is 5.69 Å². The zero-order valence-corrected chi connectivity index (χ0v) is 11.9. The number of aromatic nitrogens is 4. The second-order valence-electron chi connectivity index (χ2n) is 4.51. The van der Waals surface area contributed by atoms with E-state index in [0.29, 0.717) is 23.9 Å². The van der Waals surface area contributed by atoms with Crippen LogP contribution in [-0.4, -0.2) is 41.0 Å². The predicted molar refractivity (Wildman–Crippen MR) is 75.4 cm³/mol. The van der Waals surface area contributed by atoms with Gasteiger partial charge in [0.05, 0.1) is 24.4 Å². The maximum absolute atomic E-state index is 5.92. The van der Waals surface area contributed by atoms with Crippen LogP contribution < -0.4 is 10.5 Å². The third-order valence-corrected chi connectivity index (χ3v) is 3.14. The van der Waals surface area contributed by atoms with Crippen molar-refractivity contribution in [3.63, 3.8) is 0 Å². The molecule has 0 bridgehead atoms. The third-order valence-electron chi connectivity index (χ3n) is 3.14. The van der Waals surface area contributed by atoms with Crippen LogP contribution in [0.5, 0.6) is 5.75 Å². The van der Waals surface area contributed by atoms with Crippen molar-refractivity contribution in [1.29, 1.82) is 0 Å². The number of para-hydroxylation sites is 1. The molecule has 0 aliphatic heterocycles. The number of tetrazole rings is 1. The van der Waals surface area contributed by atoms with Gasteiger partial charge >= 0.3 is 0 Å². The van der Waals surface area contributed by atoms with Crippen molar-refractivity contribution < 1.29 is 9.47 Å². The molecule has 1 unspecified atom stereocenters. The molecule has 1 aromatic carbocycles. The SMILES string of the molecule is COCCC(C)n1nnnc1-c1cccc(N)c1OC. The molecule has 1 aromatic heterocycles. The van der Waals surface area contributed by atoms with Crippen molar-refractivity contribution in [2.45, 2.75) is 19.4 Å². The van der Waals surface area contributed by atoms with Gasteiger partial charge in [-0.05, 0) is 35.9 Å². The first-order valence-electron chi connectivity index (χ1n) is 6.38. The van der Waals surface area contributed by atoms with Crippen molar-refractivity contribution in [2.24, 2.45) is 0 Å². The summed E-state index contributed by atoms with van der Waals surface area (Å²) in [5, 5.41) is 11.9. The molecule has 0 aliphatic rings. The fourth-order valence-electron chi connectivity index (χ4n) is 2.04. The van der Waals surface area contributed by atoms with Gasteiger partial charge in [-0.25, -0.2) is 4.68 Å². The number of rotatable bonds is 6. The van der Waals surface area contributed by atoms with Crippen LogP contribution in [0.3, 0.4) is 0 Å². The van der Waals surface area contributed by atoms with E-state index in [-0.39, 0.29) is 6.04 Å². The van der Waals surface area contributed by atoms with Gasteiger partial charge in [-0.3, -0.25) is 0 Å². The number of nitrogens with zero attached hydrogens (tertiary/aromatic N) is 4. The largest absolute Gasteiger partial charge is 0.494 e. The highest BCUT2D eigenvalue weighted by Crippen LogP contribution is 2.34. The van der Waals surface area contributed by atoms with Gasteiger partial charge < -0.3 is 15.2 Å². The van der Waals surface area contributed by atoms with E-state index in [4.69, 9.17) is 15.2 Å². The monoisotopic (exact) mass is 277 g/mol. The minimum absolute atomic E-state index is 0.117. The van der Waals surface area contributed by atoms with Crippen LogP contribution in [0, 0.1) is 0 Å². The summed E-state index contributed by atoms with van der Waals surface area (Å²) in [7, 11) is 3.26. The Labute approximate surface area is 117 Å². The van der Waals surface area contributed by atoms with Crippen LogP contribution in [-0.2, 0) is 4.74 Å². The lowest BCUT2D eigenvalue weighted by atomic mass is 10.1. The quantitative estimate of drug-likeness (QED) is 0.805. The summed E-state index contributed by atoms with van der Waals surface area (Å²) in [6.07, 6.45) is 0.819. The Balaban J connectivity index is 2.39. The summed E-state index contributed by atoms with van der Waals surface area (Å²) in [6, 6.07) is 5.64. The molecule has 2 N–H and O–H groups in total. The highest BCUT2D eigenvalue weighted by atomic mass is 16.5. The van der Waals surface area contributed by atoms with E-state index >= 15 is 0 Å². The summed E-state index contributed by atoms with van der Waals surface area (Å²) in [4.78, 5) is 0. The summed E-state index contributed by atoms with van der Waals surface area (Å²) in [5.74, 6) is 1.22. The van der Waals surface area contributed by atoms with Gasteiger partial charge in [0.2, 0.25) is 0 Å². The van der Waals surface area contributed by atoms with Crippen molar-refractivity contribution in [2.75, 3.05) is 26.6 Å². The molecule has 2 aromatic rings. The molecule has 7 heteroatoms. The number of nitrogens with two attached hydrogens (primary N) is 1. The van der Waals surface area contributed by atoms with E-state index in [1.807, 2.05) is 19.1 Å². The Morgan fingerprint density at radius 3 is 2.85 bits per heavy atom. The lowest BCUT2D eigenvalue weighted by Gasteiger charge is -2.15. The molecule has 0 saturated heterocycles. The predicted octanol–water partition coefficient (Wildman–Crippen LogP) is 1.53. The van der Waals surface area contributed by atoms with Gasteiger partial charge in [-0.1, -0.05) is 6.07 Å². The number of methoxy groups -OCH3 is 2.